The molecule has 0 aliphatic heterocycles. The Bertz CT molecular complexity index is 789. The summed E-state index contributed by atoms with van der Waals surface area (Å²) >= 11 is 0. The molecule has 0 bridgehead atoms. The molecule has 5 nitrogen and oxygen atoms in total. The molecule has 0 aliphatic carbocycles. The zero-order valence-electron chi connectivity index (χ0n) is 13.7. The van der Waals surface area contributed by atoms with Crippen molar-refractivity contribution in [2.24, 2.45) is 0 Å². The van der Waals surface area contributed by atoms with E-state index in [0.29, 0.717) is 11.0 Å². The quantitative estimate of drug-likeness (QED) is 0.847. The normalized spacial score (nSPS) is 11.9. The fraction of sp³-hybridized carbons (Fsp3) is 0.412. The number of carbonyl (C=O) groups is 1. The van der Waals surface area contributed by atoms with Gasteiger partial charge in [-0.3, -0.25) is 4.57 Å². The van der Waals surface area contributed by atoms with Crippen molar-refractivity contribution in [2.45, 2.75) is 46.3 Å². The second kappa shape index (κ2) is 5.48. The van der Waals surface area contributed by atoms with Crippen molar-refractivity contribution >= 4 is 23.2 Å². The number of imidazole rings is 1. The van der Waals surface area contributed by atoms with Gasteiger partial charge in [-0.25, -0.2) is 9.59 Å². The Kier molecular flexibility index (Phi) is 4.00. The van der Waals surface area contributed by atoms with Crippen molar-refractivity contribution in [1.82, 2.24) is 9.13 Å². The van der Waals surface area contributed by atoms with Crippen LogP contribution in [0.3, 0.4) is 0 Å². The smallest absolute Gasteiger partial charge is 0.423 e. The molecule has 0 N–H and O–H groups in total. The highest BCUT2D eigenvalue weighted by molar-refractivity contribution is 5.92. The highest BCUT2D eigenvalue weighted by atomic mass is 16.6. The maximum absolute atomic E-state index is 12.7. The fourth-order valence-corrected chi connectivity index (χ4v) is 2.43. The van der Waals surface area contributed by atoms with Crippen LogP contribution in [0.2, 0.25) is 0 Å². The van der Waals surface area contributed by atoms with Gasteiger partial charge < -0.3 is 4.74 Å². The average Bonchev–Trinajstić information content (AvgIpc) is 2.68. The minimum atomic E-state index is -0.675. The Morgan fingerprint density at radius 1 is 1.32 bits per heavy atom. The van der Waals surface area contributed by atoms with Gasteiger partial charge >= 0.3 is 11.8 Å². The van der Waals surface area contributed by atoms with E-state index in [-0.39, 0.29) is 6.04 Å². The van der Waals surface area contributed by atoms with Crippen LogP contribution in [-0.2, 0) is 4.74 Å². The van der Waals surface area contributed by atoms with Crippen molar-refractivity contribution in [3.63, 3.8) is 0 Å². The first kappa shape index (κ1) is 16.1. The van der Waals surface area contributed by atoms with Crippen molar-refractivity contribution in [1.29, 1.82) is 0 Å². The largest absolute Gasteiger partial charge is 0.443 e. The minimum Gasteiger partial charge on any atom is -0.443 e. The Morgan fingerprint density at radius 3 is 2.45 bits per heavy atom. The van der Waals surface area contributed by atoms with Crippen LogP contribution in [-0.4, -0.2) is 20.8 Å². The van der Waals surface area contributed by atoms with Crippen LogP contribution < -0.4 is 5.69 Å². The van der Waals surface area contributed by atoms with Gasteiger partial charge in [0.1, 0.15) is 5.60 Å². The Morgan fingerprint density at radius 2 is 1.95 bits per heavy atom. The van der Waals surface area contributed by atoms with Crippen LogP contribution >= 0.6 is 0 Å². The molecular weight excluding hydrogens is 280 g/mol. The van der Waals surface area contributed by atoms with E-state index in [9.17, 15) is 9.59 Å². The third kappa shape index (κ3) is 2.71. The average molecular weight is 302 g/mol. The zero-order valence-corrected chi connectivity index (χ0v) is 13.7. The van der Waals surface area contributed by atoms with Crippen LogP contribution in [0.15, 0.2) is 29.6 Å². The second-order valence-electron chi connectivity index (χ2n) is 6.48. The first-order chi connectivity index (χ1) is 10.2. The van der Waals surface area contributed by atoms with Gasteiger partial charge in [0.25, 0.3) is 0 Å². The molecule has 1 heterocycles. The maximum atomic E-state index is 12.7. The first-order valence-electron chi connectivity index (χ1n) is 7.29. The highest BCUT2D eigenvalue weighted by Crippen LogP contribution is 2.23. The van der Waals surface area contributed by atoms with E-state index in [2.05, 4.69) is 6.58 Å². The number of nitrogens with zero attached hydrogens (tertiary/aromatic N) is 2. The third-order valence-electron chi connectivity index (χ3n) is 3.24. The molecule has 1 aromatic heterocycles. The summed E-state index contributed by atoms with van der Waals surface area (Å²) in [5, 5.41) is 0. The molecule has 0 saturated carbocycles. The Balaban J connectivity index is 2.83. The highest BCUT2D eigenvalue weighted by Gasteiger charge is 2.25. The minimum absolute atomic E-state index is 0.0706. The molecule has 0 atom stereocenters. The second-order valence-corrected chi connectivity index (χ2v) is 6.48. The summed E-state index contributed by atoms with van der Waals surface area (Å²) in [7, 11) is 0. The van der Waals surface area contributed by atoms with E-state index in [4.69, 9.17) is 4.74 Å². The molecule has 0 radical (unpaired) electrons. The van der Waals surface area contributed by atoms with Crippen molar-refractivity contribution < 1.29 is 9.53 Å². The maximum Gasteiger partial charge on any atom is 0.423 e. The number of ether oxygens (including phenoxy) is 1. The van der Waals surface area contributed by atoms with E-state index in [1.807, 2.05) is 32.0 Å². The predicted molar refractivity (Wildman–Crippen MR) is 88.3 cm³/mol. The molecule has 0 saturated heterocycles. The molecular formula is C17H22N2O3. The summed E-state index contributed by atoms with van der Waals surface area (Å²) in [6.07, 6.45) is 0.962. The summed E-state index contributed by atoms with van der Waals surface area (Å²) in [6.45, 7) is 12.9. The number of aromatic nitrogens is 2. The van der Waals surface area contributed by atoms with Crippen molar-refractivity contribution in [3.8, 4) is 0 Å². The van der Waals surface area contributed by atoms with E-state index >= 15 is 0 Å². The van der Waals surface area contributed by atoms with Gasteiger partial charge in [0, 0.05) is 11.6 Å². The molecule has 22 heavy (non-hydrogen) atoms. The van der Waals surface area contributed by atoms with Gasteiger partial charge in [-0.15, -0.1) is 0 Å². The topological polar surface area (TPSA) is 53.2 Å². The van der Waals surface area contributed by atoms with Crippen LogP contribution in [0.4, 0.5) is 4.79 Å². The lowest BCUT2D eigenvalue weighted by Crippen LogP contribution is -2.35. The lowest BCUT2D eigenvalue weighted by atomic mass is 10.1. The number of hydrogen-bond acceptors (Lipinski definition) is 3. The van der Waals surface area contributed by atoms with Gasteiger partial charge in [-0.2, -0.15) is 4.57 Å². The summed E-state index contributed by atoms with van der Waals surface area (Å²) < 4.78 is 8.07. The molecule has 0 unspecified atom stereocenters. The summed E-state index contributed by atoms with van der Waals surface area (Å²) in [5.74, 6) is 0. The predicted octanol–water partition coefficient (Wildman–Crippen LogP) is 3.81. The molecule has 5 heteroatoms. The molecule has 2 aromatic rings. The lowest BCUT2D eigenvalue weighted by molar-refractivity contribution is 0.0537. The van der Waals surface area contributed by atoms with Crippen LogP contribution in [0.5, 0.6) is 0 Å². The summed E-state index contributed by atoms with van der Waals surface area (Å²) in [4.78, 5) is 25.2. The van der Waals surface area contributed by atoms with Crippen LogP contribution in [0.25, 0.3) is 17.1 Å². The number of carbonyl (C=O) groups excluding carboxylic acids is 1. The number of rotatable bonds is 2. The SMILES string of the molecule is C=Cc1cccc2c1n(C(=O)OC(C)(C)C)c(=O)n2C(C)C. The van der Waals surface area contributed by atoms with E-state index in [1.54, 1.807) is 31.4 Å². The molecule has 0 aliphatic rings. The number of fused-ring (bicyclic) bond motifs is 1. The van der Waals surface area contributed by atoms with Gasteiger partial charge in [0.15, 0.2) is 0 Å². The van der Waals surface area contributed by atoms with Crippen molar-refractivity contribution in [2.75, 3.05) is 0 Å². The van der Waals surface area contributed by atoms with Crippen molar-refractivity contribution in [3.05, 3.63) is 40.8 Å². The molecule has 2 rings (SSSR count). The first-order valence-corrected chi connectivity index (χ1v) is 7.29. The zero-order chi connectivity index (χ0) is 16.7. The van der Waals surface area contributed by atoms with Gasteiger partial charge in [0.05, 0.1) is 11.0 Å². The number of para-hydroxylation sites is 1. The van der Waals surface area contributed by atoms with E-state index in [1.165, 1.54) is 0 Å². The van der Waals surface area contributed by atoms with Crippen LogP contribution in [0.1, 0.15) is 46.2 Å². The third-order valence-corrected chi connectivity index (χ3v) is 3.24. The fourth-order valence-electron chi connectivity index (χ4n) is 2.43. The number of benzene rings is 1. The lowest BCUT2D eigenvalue weighted by Gasteiger charge is -2.19. The van der Waals surface area contributed by atoms with Gasteiger partial charge in [-0.1, -0.05) is 24.8 Å². The summed E-state index contributed by atoms with van der Waals surface area (Å²) in [5.41, 5.74) is 0.883. The standard InChI is InChI=1S/C17H22N2O3/c1-7-12-9-8-10-13-14(12)19(15(20)18(13)11(2)3)16(21)22-17(4,5)6/h7-11H,1H2,2-6H3. The Labute approximate surface area is 129 Å². The van der Waals surface area contributed by atoms with Crippen LogP contribution in [0, 0.1) is 0 Å². The van der Waals surface area contributed by atoms with Gasteiger partial charge in [0.2, 0.25) is 0 Å². The summed E-state index contributed by atoms with van der Waals surface area (Å²) in [6, 6.07) is 5.42. The van der Waals surface area contributed by atoms with E-state index < -0.39 is 17.4 Å². The molecule has 0 spiro atoms. The molecule has 0 amide bonds. The number of hydrogen-bond donors (Lipinski definition) is 0. The van der Waals surface area contributed by atoms with Gasteiger partial charge in [-0.05, 0) is 40.7 Å². The molecule has 0 fully saturated rings. The monoisotopic (exact) mass is 302 g/mol. The molecule has 1 aromatic carbocycles. The van der Waals surface area contributed by atoms with E-state index in [0.717, 1.165) is 10.1 Å². The molecule has 118 valence electrons. The Hall–Kier alpha value is -2.30.